The van der Waals surface area contributed by atoms with Gasteiger partial charge in [-0.3, -0.25) is 0 Å². The lowest BCUT2D eigenvalue weighted by atomic mass is 10.3. The molecule has 5 heteroatoms. The Morgan fingerprint density at radius 3 is 2.88 bits per heavy atom. The summed E-state index contributed by atoms with van der Waals surface area (Å²) in [7, 11) is 0. The van der Waals surface area contributed by atoms with E-state index in [2.05, 4.69) is 17.2 Å². The maximum atomic E-state index is 6.01. The van der Waals surface area contributed by atoms with Crippen LogP contribution in [0.25, 0.3) is 10.3 Å². The molecule has 0 bridgehead atoms. The first-order valence-electron chi connectivity index (χ1n) is 5.60. The topological polar surface area (TPSA) is 16.4 Å². The Kier molecular flexibility index (Phi) is 3.15. The predicted molar refractivity (Wildman–Crippen MR) is 79.2 cm³/mol. The smallest absolute Gasteiger partial charge is 0.197 e. The molecule has 2 aromatic heterocycles. The molecule has 17 heavy (non-hydrogen) atoms. The molecule has 0 N–H and O–H groups in total. The lowest BCUT2D eigenvalue weighted by Gasteiger charge is -2.26. The van der Waals surface area contributed by atoms with E-state index in [1.54, 1.807) is 11.3 Å². The van der Waals surface area contributed by atoms with E-state index in [9.17, 15) is 0 Å². The van der Waals surface area contributed by atoms with E-state index in [1.807, 2.05) is 17.8 Å². The zero-order valence-electron chi connectivity index (χ0n) is 9.56. The van der Waals surface area contributed by atoms with Gasteiger partial charge in [-0.15, -0.1) is 11.3 Å². The van der Waals surface area contributed by atoms with Crippen LogP contribution in [0, 0.1) is 11.4 Å². The molecule has 1 aliphatic rings. The summed E-state index contributed by atoms with van der Waals surface area (Å²) >= 11 is 9.12. The number of hydrogen-bond acceptors (Lipinski definition) is 5. The van der Waals surface area contributed by atoms with Crippen molar-refractivity contribution in [3.8, 4) is 0 Å². The van der Waals surface area contributed by atoms with Gasteiger partial charge in [0.25, 0.3) is 0 Å². The second kappa shape index (κ2) is 4.63. The average Bonchev–Trinajstić information content (AvgIpc) is 2.73. The second-order valence-corrected chi connectivity index (χ2v) is 6.67. The highest BCUT2D eigenvalue weighted by Gasteiger charge is 2.15. The van der Waals surface area contributed by atoms with Crippen molar-refractivity contribution in [3.63, 3.8) is 0 Å². The Labute approximate surface area is 114 Å². The largest absolute Gasteiger partial charge is 0.439 e. The predicted octanol–water partition coefficient (Wildman–Crippen LogP) is 4.09. The van der Waals surface area contributed by atoms with Crippen molar-refractivity contribution in [2.24, 2.45) is 0 Å². The first kappa shape index (κ1) is 11.6. The van der Waals surface area contributed by atoms with E-state index in [1.165, 1.54) is 17.1 Å². The molecule has 0 atom stereocenters. The molecule has 0 aromatic carbocycles. The minimum atomic E-state index is 0.914. The van der Waals surface area contributed by atoms with Crippen molar-refractivity contribution in [2.75, 3.05) is 29.5 Å². The zero-order chi connectivity index (χ0) is 11.8. The van der Waals surface area contributed by atoms with Crippen molar-refractivity contribution in [1.29, 1.82) is 0 Å². The van der Waals surface area contributed by atoms with Gasteiger partial charge in [0.2, 0.25) is 0 Å². The monoisotopic (exact) mass is 283 g/mol. The van der Waals surface area contributed by atoms with E-state index in [0.29, 0.717) is 0 Å². The summed E-state index contributed by atoms with van der Waals surface area (Å²) in [5.74, 6) is 3.27. The summed E-state index contributed by atoms with van der Waals surface area (Å²) in [6.07, 6.45) is 0. The molecule has 3 heterocycles. The highest BCUT2D eigenvalue weighted by Crippen LogP contribution is 2.31. The fraction of sp³-hybridized carbons (Fsp3) is 0.417. The summed E-state index contributed by atoms with van der Waals surface area (Å²) < 4.78 is 8.03. The number of nitrogens with zero attached hydrogens (tertiary/aromatic N) is 1. The van der Waals surface area contributed by atoms with Gasteiger partial charge >= 0.3 is 0 Å². The first-order chi connectivity index (χ1) is 8.25. The highest BCUT2D eigenvalue weighted by atomic mass is 32.2. The SMILES string of the molecule is Cc1csc2c(=S)cc(N3CCSCC3)oc12. The molecule has 0 spiro atoms. The maximum absolute atomic E-state index is 6.01. The van der Waals surface area contributed by atoms with Crippen molar-refractivity contribution in [1.82, 2.24) is 0 Å². The number of anilines is 1. The van der Waals surface area contributed by atoms with Gasteiger partial charge in [0.1, 0.15) is 0 Å². The molecule has 0 amide bonds. The second-order valence-electron chi connectivity index (χ2n) is 4.13. The van der Waals surface area contributed by atoms with Crippen LogP contribution in [0.2, 0.25) is 0 Å². The van der Waals surface area contributed by atoms with E-state index < -0.39 is 0 Å². The number of thiophene rings is 1. The van der Waals surface area contributed by atoms with Crippen LogP contribution in [-0.4, -0.2) is 24.6 Å². The molecular weight excluding hydrogens is 270 g/mol. The van der Waals surface area contributed by atoms with Gasteiger partial charge < -0.3 is 9.32 Å². The molecule has 0 aliphatic carbocycles. The molecule has 1 fully saturated rings. The summed E-state index contributed by atoms with van der Waals surface area (Å²) in [6.45, 7) is 4.18. The zero-order valence-corrected chi connectivity index (χ0v) is 12.0. The van der Waals surface area contributed by atoms with Crippen LogP contribution in [0.15, 0.2) is 15.9 Å². The summed E-state index contributed by atoms with van der Waals surface area (Å²) in [5.41, 5.74) is 2.15. The van der Waals surface area contributed by atoms with Crippen molar-refractivity contribution < 1.29 is 4.42 Å². The van der Waals surface area contributed by atoms with E-state index >= 15 is 0 Å². The van der Waals surface area contributed by atoms with Crippen LogP contribution in [0.5, 0.6) is 0 Å². The Balaban J connectivity index is 2.10. The first-order valence-corrected chi connectivity index (χ1v) is 8.04. The van der Waals surface area contributed by atoms with Crippen LogP contribution in [0.4, 0.5) is 5.88 Å². The number of hydrogen-bond donors (Lipinski definition) is 0. The fourth-order valence-electron chi connectivity index (χ4n) is 1.98. The normalized spacial score (nSPS) is 16.6. The average molecular weight is 283 g/mol. The van der Waals surface area contributed by atoms with Crippen molar-refractivity contribution in [3.05, 3.63) is 21.5 Å². The standard InChI is InChI=1S/C12H13NOS3/c1-8-7-17-12-9(15)6-10(14-11(8)12)13-2-4-16-5-3-13/h6-7H,2-5H2,1H3. The van der Waals surface area contributed by atoms with Gasteiger partial charge in [0.05, 0.1) is 9.21 Å². The van der Waals surface area contributed by atoms with Crippen LogP contribution in [-0.2, 0) is 0 Å². The minimum absolute atomic E-state index is 0.914. The Morgan fingerprint density at radius 1 is 1.35 bits per heavy atom. The molecule has 90 valence electrons. The van der Waals surface area contributed by atoms with Crippen LogP contribution < -0.4 is 4.90 Å². The summed E-state index contributed by atoms with van der Waals surface area (Å²) in [5, 5.41) is 2.11. The molecule has 1 saturated heterocycles. The lowest BCUT2D eigenvalue weighted by molar-refractivity contribution is 0.577. The van der Waals surface area contributed by atoms with Gasteiger partial charge in [-0.2, -0.15) is 11.8 Å². The molecule has 0 saturated carbocycles. The van der Waals surface area contributed by atoms with Gasteiger partial charge in [0.15, 0.2) is 11.5 Å². The molecular formula is C12H13NOS3. The van der Waals surface area contributed by atoms with Crippen LogP contribution in [0.1, 0.15) is 5.56 Å². The van der Waals surface area contributed by atoms with E-state index in [0.717, 1.165) is 33.8 Å². The highest BCUT2D eigenvalue weighted by molar-refractivity contribution is 7.99. The quantitative estimate of drug-likeness (QED) is 0.733. The third-order valence-corrected chi connectivity index (χ3v) is 5.43. The number of thioether (sulfide) groups is 1. The van der Waals surface area contributed by atoms with Gasteiger partial charge in [-0.1, -0.05) is 12.2 Å². The summed E-state index contributed by atoms with van der Waals surface area (Å²) in [6, 6.07) is 2.00. The van der Waals surface area contributed by atoms with Gasteiger partial charge in [0, 0.05) is 36.2 Å². The number of fused-ring (bicyclic) bond motifs is 1. The van der Waals surface area contributed by atoms with E-state index in [-0.39, 0.29) is 0 Å². The molecule has 3 rings (SSSR count). The molecule has 0 radical (unpaired) electrons. The fourth-order valence-corrected chi connectivity index (χ4v) is 4.11. The number of aryl methyl sites for hydroxylation is 1. The van der Waals surface area contributed by atoms with Gasteiger partial charge in [-0.05, 0) is 12.3 Å². The Bertz CT molecular complexity index is 595. The van der Waals surface area contributed by atoms with Gasteiger partial charge in [-0.25, -0.2) is 0 Å². The maximum Gasteiger partial charge on any atom is 0.197 e. The minimum Gasteiger partial charge on any atom is -0.439 e. The Morgan fingerprint density at radius 2 is 2.12 bits per heavy atom. The summed E-state index contributed by atoms with van der Waals surface area (Å²) in [4.78, 5) is 2.29. The molecule has 2 aromatic rings. The van der Waals surface area contributed by atoms with Crippen LogP contribution in [0.3, 0.4) is 0 Å². The Hall–Kier alpha value is -0.520. The molecule has 1 aliphatic heterocycles. The third kappa shape index (κ3) is 2.11. The van der Waals surface area contributed by atoms with E-state index in [4.69, 9.17) is 16.6 Å². The molecule has 0 unspecified atom stereocenters. The van der Waals surface area contributed by atoms with Crippen molar-refractivity contribution in [2.45, 2.75) is 6.92 Å². The number of rotatable bonds is 1. The van der Waals surface area contributed by atoms with Crippen LogP contribution >= 0.6 is 35.3 Å². The molecule has 2 nitrogen and oxygen atoms in total. The third-order valence-electron chi connectivity index (χ3n) is 2.93. The lowest BCUT2D eigenvalue weighted by Crippen LogP contribution is -2.32. The van der Waals surface area contributed by atoms with Crippen molar-refractivity contribution >= 4 is 51.5 Å².